The molecular weight excluding hydrogens is 745 g/mol. The van der Waals surface area contributed by atoms with Gasteiger partial charge in [-0.25, -0.2) is 9.97 Å². The first kappa shape index (κ1) is 33.6. The Morgan fingerprint density at radius 3 is 1.63 bits per heavy atom. The molecule has 0 saturated heterocycles. The summed E-state index contributed by atoms with van der Waals surface area (Å²) < 4.78 is 0. The van der Waals surface area contributed by atoms with Gasteiger partial charge in [0.1, 0.15) is 0 Å². The average molecular weight is 779 g/mol. The second-order valence-corrected chi connectivity index (χ2v) is 17.1. The van der Waals surface area contributed by atoms with E-state index in [2.05, 4.69) is 200 Å². The van der Waals surface area contributed by atoms with E-state index in [-0.39, 0.29) is 0 Å². The molecule has 278 valence electrons. The van der Waals surface area contributed by atoms with Gasteiger partial charge < -0.3 is 0 Å². The predicted octanol–water partition coefficient (Wildman–Crippen LogP) is 14.8. The van der Waals surface area contributed by atoms with Crippen LogP contribution in [0, 0.1) is 0 Å². The first-order valence-electron chi connectivity index (χ1n) is 20.6. The Balaban J connectivity index is 0.947. The Kier molecular flexibility index (Phi) is 7.19. The maximum Gasteiger partial charge on any atom is 0.160 e. The molecule has 3 aliphatic rings. The van der Waals surface area contributed by atoms with Crippen LogP contribution in [0.15, 0.2) is 216 Å². The van der Waals surface area contributed by atoms with Crippen molar-refractivity contribution in [1.82, 2.24) is 9.97 Å². The summed E-state index contributed by atoms with van der Waals surface area (Å²) in [5, 5.41) is 2.64. The third kappa shape index (κ3) is 4.78. The van der Waals surface area contributed by atoms with Crippen LogP contribution in [-0.2, 0) is 5.41 Å². The standard InChI is InChI=1S/C57H34N2S/c1-2-12-38(13-3-1)56-58-51(36-26-24-35(25-27-36)39-28-30-41-44-18-10-14-37-15-11-19-45(55(37)44)46(41)32-39)34-52(59-56)40-29-31-54-50(33-40)57(49-22-8-9-23-53(49)60-54)47-20-6-4-16-42(47)43-17-5-7-21-48(43)57/h1-34H. The van der Waals surface area contributed by atoms with Gasteiger partial charge in [0.15, 0.2) is 5.82 Å². The van der Waals surface area contributed by atoms with Gasteiger partial charge in [-0.05, 0) is 108 Å². The van der Waals surface area contributed by atoms with Gasteiger partial charge in [0, 0.05) is 26.5 Å². The quantitative estimate of drug-likeness (QED) is 0.178. The highest BCUT2D eigenvalue weighted by atomic mass is 32.2. The summed E-state index contributed by atoms with van der Waals surface area (Å²) in [6, 6.07) is 75.5. The Bertz CT molecular complexity index is 3350. The largest absolute Gasteiger partial charge is 0.228 e. The van der Waals surface area contributed by atoms with Crippen molar-refractivity contribution >= 4 is 22.5 Å². The Hall–Kier alpha value is -7.33. The second kappa shape index (κ2) is 12.8. The van der Waals surface area contributed by atoms with E-state index in [0.717, 1.165) is 28.1 Å². The molecule has 13 rings (SSSR count). The lowest BCUT2D eigenvalue weighted by atomic mass is 9.67. The number of rotatable bonds is 4. The van der Waals surface area contributed by atoms with Gasteiger partial charge in [0.05, 0.1) is 16.8 Å². The van der Waals surface area contributed by atoms with Gasteiger partial charge in [-0.2, -0.15) is 0 Å². The van der Waals surface area contributed by atoms with E-state index < -0.39 is 5.41 Å². The number of fused-ring (bicyclic) bond motifs is 12. The van der Waals surface area contributed by atoms with E-state index >= 15 is 0 Å². The van der Waals surface area contributed by atoms with Gasteiger partial charge >= 0.3 is 0 Å². The fraction of sp³-hybridized carbons (Fsp3) is 0.0175. The number of hydrogen-bond acceptors (Lipinski definition) is 3. The first-order valence-corrected chi connectivity index (χ1v) is 21.4. The molecule has 2 aliphatic carbocycles. The van der Waals surface area contributed by atoms with E-state index in [4.69, 9.17) is 9.97 Å². The molecule has 1 aromatic heterocycles. The zero-order valence-electron chi connectivity index (χ0n) is 32.4. The molecule has 0 amide bonds. The fourth-order valence-electron chi connectivity index (χ4n) is 10.3. The molecule has 0 fully saturated rings. The van der Waals surface area contributed by atoms with Gasteiger partial charge in [0.2, 0.25) is 0 Å². The minimum atomic E-state index is -0.457. The van der Waals surface area contributed by atoms with E-state index in [1.165, 1.54) is 87.3 Å². The normalized spacial score (nSPS) is 13.4. The number of nitrogens with zero attached hydrogens (tertiary/aromatic N) is 2. The first-order chi connectivity index (χ1) is 29.7. The molecule has 10 aromatic rings. The van der Waals surface area contributed by atoms with E-state index in [0.29, 0.717) is 5.82 Å². The van der Waals surface area contributed by atoms with Crippen molar-refractivity contribution in [3.05, 3.63) is 229 Å². The summed E-state index contributed by atoms with van der Waals surface area (Å²) in [5.74, 6) is 0.711. The molecule has 0 N–H and O–H groups in total. The molecule has 2 nitrogen and oxygen atoms in total. The van der Waals surface area contributed by atoms with Crippen molar-refractivity contribution in [3.63, 3.8) is 0 Å². The van der Waals surface area contributed by atoms with Crippen molar-refractivity contribution in [1.29, 1.82) is 0 Å². The molecule has 2 heterocycles. The highest BCUT2D eigenvalue weighted by Gasteiger charge is 2.50. The summed E-state index contributed by atoms with van der Waals surface area (Å²) in [4.78, 5) is 13.1. The lowest BCUT2D eigenvalue weighted by Crippen LogP contribution is -2.32. The van der Waals surface area contributed by atoms with Crippen molar-refractivity contribution in [3.8, 4) is 78.4 Å². The van der Waals surface area contributed by atoms with Crippen LogP contribution in [0.1, 0.15) is 22.3 Å². The summed E-state index contributed by atoms with van der Waals surface area (Å²) in [5.41, 5.74) is 20.0. The number of hydrogen-bond donors (Lipinski definition) is 0. The van der Waals surface area contributed by atoms with Gasteiger partial charge in [-0.15, -0.1) is 0 Å². The summed E-state index contributed by atoms with van der Waals surface area (Å²) in [7, 11) is 0. The van der Waals surface area contributed by atoms with Crippen LogP contribution in [0.25, 0.3) is 89.2 Å². The zero-order valence-corrected chi connectivity index (χ0v) is 33.2. The molecule has 0 atom stereocenters. The summed E-state index contributed by atoms with van der Waals surface area (Å²) >= 11 is 1.87. The Morgan fingerprint density at radius 2 is 0.883 bits per heavy atom. The zero-order chi connectivity index (χ0) is 39.4. The third-order valence-corrected chi connectivity index (χ3v) is 14.1. The summed E-state index contributed by atoms with van der Waals surface area (Å²) in [6.45, 7) is 0. The van der Waals surface area contributed by atoms with E-state index in [9.17, 15) is 0 Å². The van der Waals surface area contributed by atoms with Crippen LogP contribution in [0.3, 0.4) is 0 Å². The maximum atomic E-state index is 5.31. The van der Waals surface area contributed by atoms with Crippen LogP contribution in [0.5, 0.6) is 0 Å². The highest BCUT2D eigenvalue weighted by molar-refractivity contribution is 7.99. The predicted molar refractivity (Wildman–Crippen MR) is 247 cm³/mol. The van der Waals surface area contributed by atoms with Crippen molar-refractivity contribution < 1.29 is 0 Å². The van der Waals surface area contributed by atoms with Gasteiger partial charge in [-0.3, -0.25) is 0 Å². The lowest BCUT2D eigenvalue weighted by Gasteiger charge is -2.39. The SMILES string of the molecule is c1ccc(-c2nc(-c3ccc(-c4ccc5c(c4)-c4cccc6cccc-5c46)cc3)cc(-c3ccc4c(c3)C3(c5ccccc5S4)c4ccccc4-c4ccccc43)n2)cc1. The Labute approximate surface area is 352 Å². The van der Waals surface area contributed by atoms with Crippen molar-refractivity contribution in [2.45, 2.75) is 15.2 Å². The van der Waals surface area contributed by atoms with Crippen LogP contribution < -0.4 is 0 Å². The van der Waals surface area contributed by atoms with Gasteiger partial charge in [-0.1, -0.05) is 188 Å². The average Bonchev–Trinajstić information content (AvgIpc) is 3.80. The molecule has 1 spiro atoms. The molecule has 0 saturated carbocycles. The minimum absolute atomic E-state index is 0.457. The number of aromatic nitrogens is 2. The van der Waals surface area contributed by atoms with Crippen LogP contribution in [-0.4, -0.2) is 9.97 Å². The molecule has 3 heteroatoms. The summed E-state index contributed by atoms with van der Waals surface area (Å²) in [6.07, 6.45) is 0. The maximum absolute atomic E-state index is 5.31. The monoisotopic (exact) mass is 778 g/mol. The van der Waals surface area contributed by atoms with Gasteiger partial charge in [0.25, 0.3) is 0 Å². The topological polar surface area (TPSA) is 25.8 Å². The van der Waals surface area contributed by atoms with Crippen LogP contribution in [0.4, 0.5) is 0 Å². The number of benzene rings is 9. The lowest BCUT2D eigenvalue weighted by molar-refractivity contribution is 0.722. The fourth-order valence-corrected chi connectivity index (χ4v) is 11.5. The van der Waals surface area contributed by atoms with Crippen LogP contribution in [0.2, 0.25) is 0 Å². The smallest absolute Gasteiger partial charge is 0.160 e. The minimum Gasteiger partial charge on any atom is -0.228 e. The third-order valence-electron chi connectivity index (χ3n) is 12.9. The molecule has 0 bridgehead atoms. The molecular formula is C57H34N2S. The van der Waals surface area contributed by atoms with Crippen molar-refractivity contribution in [2.24, 2.45) is 0 Å². The van der Waals surface area contributed by atoms with Crippen molar-refractivity contribution in [2.75, 3.05) is 0 Å². The second-order valence-electron chi connectivity index (χ2n) is 16.0. The molecule has 0 radical (unpaired) electrons. The molecule has 9 aromatic carbocycles. The molecule has 0 unspecified atom stereocenters. The van der Waals surface area contributed by atoms with Crippen LogP contribution >= 0.6 is 11.8 Å². The van der Waals surface area contributed by atoms with E-state index in [1.807, 2.05) is 17.8 Å². The molecule has 1 aliphatic heterocycles. The molecule has 60 heavy (non-hydrogen) atoms. The highest BCUT2D eigenvalue weighted by Crippen LogP contribution is 2.62. The van der Waals surface area contributed by atoms with E-state index in [1.54, 1.807) is 0 Å². The Morgan fingerprint density at radius 1 is 0.317 bits per heavy atom.